The predicted molar refractivity (Wildman–Crippen MR) is 77.9 cm³/mol. The van der Waals surface area contributed by atoms with Gasteiger partial charge in [0.15, 0.2) is 0 Å². The number of benzene rings is 2. The Hall–Kier alpha value is -2.69. The summed E-state index contributed by atoms with van der Waals surface area (Å²) in [7, 11) is 0. The third-order valence-corrected chi connectivity index (χ3v) is 3.30. The first-order valence-electron chi connectivity index (χ1n) is 6.34. The van der Waals surface area contributed by atoms with Crippen LogP contribution in [0.15, 0.2) is 42.5 Å². The van der Waals surface area contributed by atoms with Crippen molar-refractivity contribution in [2.24, 2.45) is 0 Å². The monoisotopic (exact) mass is 266 g/mol. The fourth-order valence-electron chi connectivity index (χ4n) is 2.01. The van der Waals surface area contributed by atoms with Gasteiger partial charge in [-0.25, -0.2) is 4.79 Å². The molecule has 0 saturated heterocycles. The summed E-state index contributed by atoms with van der Waals surface area (Å²) in [6, 6.07) is 12.8. The minimum Gasteiger partial charge on any atom is -0.306 e. The number of nitrogens with zero attached hydrogens (tertiary/aromatic N) is 3. The quantitative estimate of drug-likeness (QED) is 0.736. The van der Waals surface area contributed by atoms with Gasteiger partial charge in [-0.1, -0.05) is 23.4 Å². The molecule has 1 amide bonds. The third-order valence-electron chi connectivity index (χ3n) is 3.30. The van der Waals surface area contributed by atoms with Crippen LogP contribution in [0.3, 0.4) is 0 Å². The highest BCUT2D eigenvalue weighted by Gasteiger charge is 2.11. The molecule has 0 fully saturated rings. The van der Waals surface area contributed by atoms with Crippen LogP contribution in [0.25, 0.3) is 11.0 Å². The Morgan fingerprint density at radius 1 is 1.10 bits per heavy atom. The van der Waals surface area contributed by atoms with Gasteiger partial charge in [0.1, 0.15) is 5.52 Å². The fourth-order valence-corrected chi connectivity index (χ4v) is 2.01. The lowest BCUT2D eigenvalue weighted by molar-refractivity contribution is 0.251. The first-order valence-corrected chi connectivity index (χ1v) is 6.34. The van der Waals surface area contributed by atoms with Crippen molar-refractivity contribution in [3.63, 3.8) is 0 Å². The second kappa shape index (κ2) is 4.77. The minimum absolute atomic E-state index is 0.318. The van der Waals surface area contributed by atoms with Gasteiger partial charge in [-0.3, -0.25) is 0 Å². The first-order chi connectivity index (χ1) is 9.65. The van der Waals surface area contributed by atoms with Gasteiger partial charge in [-0.2, -0.15) is 4.68 Å². The SMILES string of the molecule is Cc1ccc(NC(=O)n2nnc3ccccc32)cc1C. The molecule has 1 N–H and O–H groups in total. The fraction of sp³-hybridized carbons (Fsp3) is 0.133. The largest absolute Gasteiger partial charge is 0.348 e. The highest BCUT2D eigenvalue weighted by Crippen LogP contribution is 2.15. The van der Waals surface area contributed by atoms with Crippen molar-refractivity contribution in [1.29, 1.82) is 0 Å². The number of anilines is 1. The van der Waals surface area contributed by atoms with Crippen molar-refractivity contribution in [1.82, 2.24) is 15.0 Å². The van der Waals surface area contributed by atoms with Gasteiger partial charge in [0, 0.05) is 5.69 Å². The lowest BCUT2D eigenvalue weighted by Gasteiger charge is -2.07. The zero-order chi connectivity index (χ0) is 14.1. The van der Waals surface area contributed by atoms with Gasteiger partial charge in [0.25, 0.3) is 0 Å². The topological polar surface area (TPSA) is 59.8 Å². The van der Waals surface area contributed by atoms with E-state index in [4.69, 9.17) is 0 Å². The molecule has 3 aromatic rings. The summed E-state index contributed by atoms with van der Waals surface area (Å²) >= 11 is 0. The van der Waals surface area contributed by atoms with Gasteiger partial charge < -0.3 is 5.32 Å². The van der Waals surface area contributed by atoms with Crippen LogP contribution in [0, 0.1) is 13.8 Å². The van der Waals surface area contributed by atoms with E-state index in [0.717, 1.165) is 11.3 Å². The maximum absolute atomic E-state index is 12.2. The molecule has 20 heavy (non-hydrogen) atoms. The predicted octanol–water partition coefficient (Wildman–Crippen LogP) is 3.13. The van der Waals surface area contributed by atoms with Gasteiger partial charge in [-0.15, -0.1) is 5.10 Å². The van der Waals surface area contributed by atoms with E-state index in [2.05, 4.69) is 15.6 Å². The maximum atomic E-state index is 12.2. The van der Waals surface area contributed by atoms with E-state index in [0.29, 0.717) is 11.0 Å². The molecule has 0 saturated carbocycles. The van der Waals surface area contributed by atoms with Crippen molar-refractivity contribution in [2.45, 2.75) is 13.8 Å². The van der Waals surface area contributed by atoms with E-state index < -0.39 is 0 Å². The number of aromatic nitrogens is 3. The summed E-state index contributed by atoms with van der Waals surface area (Å²) in [6.07, 6.45) is 0. The van der Waals surface area contributed by atoms with Crippen LogP contribution in [-0.4, -0.2) is 21.0 Å². The van der Waals surface area contributed by atoms with E-state index in [1.165, 1.54) is 10.2 Å². The van der Waals surface area contributed by atoms with Crippen LogP contribution < -0.4 is 5.32 Å². The number of amides is 1. The molecule has 0 aliphatic rings. The molecule has 0 unspecified atom stereocenters. The Kier molecular flexibility index (Phi) is 2.95. The molecule has 0 radical (unpaired) electrons. The molecule has 0 bridgehead atoms. The molecule has 5 heteroatoms. The molecule has 0 spiro atoms. The van der Waals surface area contributed by atoms with Crippen molar-refractivity contribution in [3.8, 4) is 0 Å². The van der Waals surface area contributed by atoms with Crippen molar-refractivity contribution < 1.29 is 4.79 Å². The molecule has 100 valence electrons. The summed E-state index contributed by atoms with van der Waals surface area (Å²) in [5.41, 5.74) is 4.45. The number of hydrogen-bond acceptors (Lipinski definition) is 3. The molecule has 2 aromatic carbocycles. The summed E-state index contributed by atoms with van der Waals surface area (Å²) in [4.78, 5) is 12.2. The molecular formula is C15H14N4O. The Bertz CT molecular complexity index is 791. The number of nitrogens with one attached hydrogen (secondary N) is 1. The van der Waals surface area contributed by atoms with Gasteiger partial charge >= 0.3 is 6.03 Å². The molecule has 0 aliphatic heterocycles. The van der Waals surface area contributed by atoms with Crippen molar-refractivity contribution >= 4 is 22.8 Å². The highest BCUT2D eigenvalue weighted by molar-refractivity contribution is 5.96. The van der Waals surface area contributed by atoms with E-state index in [-0.39, 0.29) is 6.03 Å². The highest BCUT2D eigenvalue weighted by atomic mass is 16.2. The summed E-state index contributed by atoms with van der Waals surface area (Å²) in [5, 5.41) is 10.7. The average molecular weight is 266 g/mol. The normalized spacial score (nSPS) is 10.7. The lowest BCUT2D eigenvalue weighted by atomic mass is 10.1. The minimum atomic E-state index is -0.318. The van der Waals surface area contributed by atoms with Crippen molar-refractivity contribution in [2.75, 3.05) is 5.32 Å². The van der Waals surface area contributed by atoms with E-state index in [9.17, 15) is 4.79 Å². The molecule has 1 heterocycles. The second-order valence-corrected chi connectivity index (χ2v) is 4.72. The number of fused-ring (bicyclic) bond motifs is 1. The number of carbonyl (C=O) groups excluding carboxylic acids is 1. The molecular weight excluding hydrogens is 252 g/mol. The molecule has 0 aliphatic carbocycles. The number of aryl methyl sites for hydroxylation is 2. The van der Waals surface area contributed by atoms with Crippen LogP contribution >= 0.6 is 0 Å². The Balaban J connectivity index is 1.91. The Morgan fingerprint density at radius 2 is 1.90 bits per heavy atom. The molecule has 1 aromatic heterocycles. The number of carbonyl (C=O) groups is 1. The van der Waals surface area contributed by atoms with Crippen LogP contribution in [0.5, 0.6) is 0 Å². The zero-order valence-corrected chi connectivity index (χ0v) is 11.3. The molecule has 5 nitrogen and oxygen atoms in total. The van der Waals surface area contributed by atoms with Crippen LogP contribution in [0.2, 0.25) is 0 Å². The van der Waals surface area contributed by atoms with Gasteiger partial charge in [0.05, 0.1) is 5.52 Å². The third kappa shape index (κ3) is 2.14. The average Bonchev–Trinajstić information content (AvgIpc) is 2.87. The van der Waals surface area contributed by atoms with Crippen molar-refractivity contribution in [3.05, 3.63) is 53.6 Å². The molecule has 0 atom stereocenters. The van der Waals surface area contributed by atoms with Crippen LogP contribution in [0.4, 0.5) is 10.5 Å². The lowest BCUT2D eigenvalue weighted by Crippen LogP contribution is -2.20. The Morgan fingerprint density at radius 3 is 2.70 bits per heavy atom. The standard InChI is InChI=1S/C15H14N4O/c1-10-7-8-12(9-11(10)2)16-15(20)19-14-6-4-3-5-13(14)17-18-19/h3-9H,1-2H3,(H,16,20). The number of hydrogen-bond donors (Lipinski definition) is 1. The van der Waals surface area contributed by atoms with Gasteiger partial charge in [0.2, 0.25) is 0 Å². The summed E-state index contributed by atoms with van der Waals surface area (Å²) < 4.78 is 1.27. The molecule has 3 rings (SSSR count). The van der Waals surface area contributed by atoms with E-state index >= 15 is 0 Å². The zero-order valence-electron chi connectivity index (χ0n) is 11.3. The van der Waals surface area contributed by atoms with Crippen LogP contribution in [0.1, 0.15) is 11.1 Å². The van der Waals surface area contributed by atoms with Gasteiger partial charge in [-0.05, 0) is 49.2 Å². The maximum Gasteiger partial charge on any atom is 0.348 e. The second-order valence-electron chi connectivity index (χ2n) is 4.72. The summed E-state index contributed by atoms with van der Waals surface area (Å²) in [6.45, 7) is 4.04. The smallest absolute Gasteiger partial charge is 0.306 e. The van der Waals surface area contributed by atoms with E-state index in [1.54, 1.807) is 0 Å². The summed E-state index contributed by atoms with van der Waals surface area (Å²) in [5.74, 6) is 0. The van der Waals surface area contributed by atoms with E-state index in [1.807, 2.05) is 56.3 Å². The number of para-hydroxylation sites is 1. The Labute approximate surface area is 116 Å². The number of rotatable bonds is 1. The van der Waals surface area contributed by atoms with Crippen LogP contribution in [-0.2, 0) is 0 Å². The first kappa shape index (κ1) is 12.3.